The Morgan fingerprint density at radius 1 is 1.86 bits per heavy atom. The summed E-state index contributed by atoms with van der Waals surface area (Å²) in [6.07, 6.45) is 1.59. The Morgan fingerprint density at radius 2 is 2.57 bits per heavy atom. The molecule has 1 rings (SSSR count). The Bertz CT molecular complexity index is 144. The topological polar surface area (TPSA) is 12.9 Å². The van der Waals surface area contributed by atoms with E-state index in [1.807, 2.05) is 0 Å². The molecule has 0 saturated carbocycles. The van der Waals surface area contributed by atoms with Gasteiger partial charge in [0, 0.05) is 6.92 Å². The molecule has 0 aromatic carbocycles. The molecule has 1 nitrogen and oxygen atoms in total. The van der Waals surface area contributed by atoms with E-state index in [0.717, 1.165) is 5.01 Å². The fourth-order valence-corrected chi connectivity index (χ4v) is 1.04. The van der Waals surface area contributed by atoms with Gasteiger partial charge in [0.1, 0.15) is 4.34 Å². The van der Waals surface area contributed by atoms with E-state index in [4.69, 9.17) is 11.6 Å². The van der Waals surface area contributed by atoms with Gasteiger partial charge in [0.15, 0.2) is 0 Å². The van der Waals surface area contributed by atoms with Crippen molar-refractivity contribution in [3.05, 3.63) is 22.5 Å². The van der Waals surface area contributed by atoms with Crippen LogP contribution in [0, 0.1) is 6.92 Å². The summed E-state index contributed by atoms with van der Waals surface area (Å²) in [7, 11) is 0. The van der Waals surface area contributed by atoms with E-state index in [1.165, 1.54) is 11.3 Å². The molecule has 0 bridgehead atoms. The van der Waals surface area contributed by atoms with Gasteiger partial charge in [-0.1, -0.05) is 11.6 Å². The van der Waals surface area contributed by atoms with Crippen LogP contribution in [0.15, 0.2) is 6.20 Å². The Hall–Kier alpha value is -0.0800. The minimum Gasteiger partial charge on any atom is -0.248 e. The number of aromatic nitrogens is 1. The van der Waals surface area contributed by atoms with Crippen molar-refractivity contribution >= 4 is 22.9 Å². The van der Waals surface area contributed by atoms with Gasteiger partial charge < -0.3 is 0 Å². The van der Waals surface area contributed by atoms with Gasteiger partial charge in [-0.3, -0.25) is 0 Å². The summed E-state index contributed by atoms with van der Waals surface area (Å²) in [5.41, 5.74) is 0. The molecule has 0 spiro atoms. The molecule has 1 aromatic heterocycles. The molecule has 1 aromatic rings. The summed E-state index contributed by atoms with van der Waals surface area (Å²) in [5.74, 6) is 0. The Kier molecular flexibility index (Phi) is 1.30. The zero-order valence-electron chi connectivity index (χ0n) is 3.52. The van der Waals surface area contributed by atoms with Gasteiger partial charge in [0.25, 0.3) is 0 Å². The van der Waals surface area contributed by atoms with Gasteiger partial charge in [-0.05, 0) is 0 Å². The van der Waals surface area contributed by atoms with Gasteiger partial charge in [-0.2, -0.15) is 0 Å². The van der Waals surface area contributed by atoms with Crippen molar-refractivity contribution in [3.63, 3.8) is 0 Å². The molecule has 1 heterocycles. The van der Waals surface area contributed by atoms with E-state index >= 15 is 0 Å². The van der Waals surface area contributed by atoms with E-state index in [2.05, 4.69) is 11.9 Å². The number of hydrogen-bond donors (Lipinski definition) is 0. The van der Waals surface area contributed by atoms with Crippen molar-refractivity contribution in [2.75, 3.05) is 0 Å². The first-order chi connectivity index (χ1) is 3.29. The summed E-state index contributed by atoms with van der Waals surface area (Å²) >= 11 is 6.86. The number of rotatable bonds is 0. The third-order valence-corrected chi connectivity index (χ3v) is 1.50. The first-order valence-corrected chi connectivity index (χ1v) is 2.92. The van der Waals surface area contributed by atoms with Crippen LogP contribution in [0.5, 0.6) is 0 Å². The molecule has 37 valence electrons. The third kappa shape index (κ3) is 1.14. The predicted molar refractivity (Wildman–Crippen MR) is 31.6 cm³/mol. The zero-order chi connectivity index (χ0) is 5.28. The van der Waals surface area contributed by atoms with E-state index in [-0.39, 0.29) is 0 Å². The maximum Gasteiger partial charge on any atom is 0.113 e. The van der Waals surface area contributed by atoms with Crippen molar-refractivity contribution in [3.8, 4) is 0 Å². The maximum atomic E-state index is 5.48. The largest absolute Gasteiger partial charge is 0.248 e. The fourth-order valence-electron chi connectivity index (χ4n) is 0.288. The minimum absolute atomic E-state index is 0.699. The van der Waals surface area contributed by atoms with Crippen molar-refractivity contribution in [1.82, 2.24) is 4.98 Å². The molecule has 0 fully saturated rings. The van der Waals surface area contributed by atoms with E-state index in [9.17, 15) is 0 Å². The molecule has 1 radical (unpaired) electrons. The second-order valence-corrected chi connectivity index (χ2v) is 2.80. The molecular formula is C4H3ClNS. The Morgan fingerprint density at radius 3 is 2.71 bits per heavy atom. The van der Waals surface area contributed by atoms with Crippen molar-refractivity contribution in [1.29, 1.82) is 0 Å². The molecule has 0 unspecified atom stereocenters. The zero-order valence-corrected chi connectivity index (χ0v) is 5.09. The monoisotopic (exact) mass is 132 g/mol. The molecule has 7 heavy (non-hydrogen) atoms. The number of hydrogen-bond acceptors (Lipinski definition) is 2. The molecule has 0 saturated heterocycles. The molecule has 0 N–H and O–H groups in total. The van der Waals surface area contributed by atoms with Crippen molar-refractivity contribution < 1.29 is 0 Å². The number of nitrogens with zero attached hydrogens (tertiary/aromatic N) is 1. The highest BCUT2D eigenvalue weighted by atomic mass is 35.5. The van der Waals surface area contributed by atoms with Gasteiger partial charge in [-0.15, -0.1) is 11.3 Å². The highest BCUT2D eigenvalue weighted by Gasteiger charge is 1.88. The highest BCUT2D eigenvalue weighted by Crippen LogP contribution is 2.16. The smallest absolute Gasteiger partial charge is 0.113 e. The first kappa shape index (κ1) is 5.06. The molecule has 3 heteroatoms. The first-order valence-electron chi connectivity index (χ1n) is 1.72. The normalized spacial score (nSPS) is 9.43. The lowest BCUT2D eigenvalue weighted by molar-refractivity contribution is 1.37. The lowest BCUT2D eigenvalue weighted by atomic mass is 10.8. The van der Waals surface area contributed by atoms with Crippen LogP contribution in [-0.2, 0) is 0 Å². The Labute approximate surface area is 51.0 Å². The second-order valence-electron chi connectivity index (χ2n) is 1.06. The van der Waals surface area contributed by atoms with Crippen LogP contribution >= 0.6 is 22.9 Å². The van der Waals surface area contributed by atoms with Crippen LogP contribution in [0.2, 0.25) is 4.34 Å². The fraction of sp³-hybridized carbons (Fsp3) is 0. The van der Waals surface area contributed by atoms with E-state index < -0.39 is 0 Å². The van der Waals surface area contributed by atoms with Crippen LogP contribution in [0.25, 0.3) is 0 Å². The molecule has 0 aliphatic carbocycles. The third-order valence-electron chi connectivity index (χ3n) is 0.525. The average molecular weight is 133 g/mol. The molecule has 0 aliphatic rings. The van der Waals surface area contributed by atoms with Gasteiger partial charge in [-0.25, -0.2) is 4.98 Å². The highest BCUT2D eigenvalue weighted by molar-refractivity contribution is 7.15. The van der Waals surface area contributed by atoms with Crippen LogP contribution in [0.4, 0.5) is 0 Å². The quantitative estimate of drug-likeness (QED) is 0.526. The molecular weight excluding hydrogens is 130 g/mol. The van der Waals surface area contributed by atoms with Gasteiger partial charge in [0.2, 0.25) is 0 Å². The summed E-state index contributed by atoms with van der Waals surface area (Å²) in [6.45, 7) is 3.56. The molecule has 0 aliphatic heterocycles. The SMILES string of the molecule is [CH2]c1ncc(Cl)s1. The summed E-state index contributed by atoms with van der Waals surface area (Å²) < 4.78 is 0.699. The van der Waals surface area contributed by atoms with Crippen LogP contribution in [0.3, 0.4) is 0 Å². The summed E-state index contributed by atoms with van der Waals surface area (Å²) in [6, 6.07) is 0. The van der Waals surface area contributed by atoms with Crippen LogP contribution < -0.4 is 0 Å². The van der Waals surface area contributed by atoms with E-state index in [0.29, 0.717) is 4.34 Å². The predicted octanol–water partition coefficient (Wildman–Crippen LogP) is 1.98. The number of halogens is 1. The van der Waals surface area contributed by atoms with E-state index in [1.54, 1.807) is 6.20 Å². The standard InChI is InChI=1S/C4H3ClNS/c1-3-6-2-4(5)7-3/h2H,1H2. The molecule has 0 amide bonds. The van der Waals surface area contributed by atoms with Gasteiger partial charge in [0.05, 0.1) is 11.2 Å². The maximum absolute atomic E-state index is 5.48. The average Bonchev–Trinajstić information content (AvgIpc) is 1.87. The van der Waals surface area contributed by atoms with Crippen molar-refractivity contribution in [2.24, 2.45) is 0 Å². The Balaban J connectivity index is 3.04. The lowest BCUT2D eigenvalue weighted by Gasteiger charge is -1.66. The van der Waals surface area contributed by atoms with Crippen molar-refractivity contribution in [2.45, 2.75) is 0 Å². The lowest BCUT2D eigenvalue weighted by Crippen LogP contribution is -1.56. The molecule has 0 atom stereocenters. The summed E-state index contributed by atoms with van der Waals surface area (Å²) in [4.78, 5) is 3.79. The van der Waals surface area contributed by atoms with Crippen LogP contribution in [0.1, 0.15) is 5.01 Å². The summed E-state index contributed by atoms with van der Waals surface area (Å²) in [5, 5.41) is 0.769. The van der Waals surface area contributed by atoms with Crippen LogP contribution in [-0.4, -0.2) is 4.98 Å². The minimum atomic E-state index is 0.699. The number of thiazole rings is 1. The second kappa shape index (κ2) is 1.80. The van der Waals surface area contributed by atoms with Gasteiger partial charge >= 0.3 is 0 Å².